The second kappa shape index (κ2) is 8.83. The molecule has 0 bridgehead atoms. The van der Waals surface area contributed by atoms with E-state index < -0.39 is 0 Å². The van der Waals surface area contributed by atoms with Gasteiger partial charge in [-0.25, -0.2) is 4.98 Å². The maximum atomic E-state index is 5.22. The van der Waals surface area contributed by atoms with E-state index in [4.69, 9.17) is 4.74 Å². The zero-order valence-electron chi connectivity index (χ0n) is 13.4. The summed E-state index contributed by atoms with van der Waals surface area (Å²) < 4.78 is 5.22. The highest BCUT2D eigenvalue weighted by atomic mass is 16.5. The van der Waals surface area contributed by atoms with Gasteiger partial charge >= 0.3 is 0 Å². The number of pyridine rings is 1. The van der Waals surface area contributed by atoms with Gasteiger partial charge in [0.1, 0.15) is 0 Å². The Morgan fingerprint density at radius 3 is 2.86 bits per heavy atom. The Kier molecular flexibility index (Phi) is 6.74. The van der Waals surface area contributed by atoms with Crippen LogP contribution in [-0.4, -0.2) is 25.2 Å². The normalized spacial score (nSPS) is 17.0. The Hall–Kier alpha value is -1.35. The molecule has 21 heavy (non-hydrogen) atoms. The van der Waals surface area contributed by atoms with Crippen molar-refractivity contribution in [2.45, 2.75) is 45.4 Å². The monoisotopic (exact) mass is 288 g/mol. The summed E-state index contributed by atoms with van der Waals surface area (Å²) >= 11 is 0. The number of nitrogens with zero attached hydrogens (tertiary/aromatic N) is 1. The van der Waals surface area contributed by atoms with E-state index in [1.54, 1.807) is 7.11 Å². The van der Waals surface area contributed by atoms with Crippen LogP contribution in [0.25, 0.3) is 6.08 Å². The minimum Gasteiger partial charge on any atom is -0.481 e. The topological polar surface area (TPSA) is 34.1 Å². The van der Waals surface area contributed by atoms with Crippen molar-refractivity contribution in [2.24, 2.45) is 5.92 Å². The molecule has 0 radical (unpaired) electrons. The van der Waals surface area contributed by atoms with Crippen molar-refractivity contribution in [3.63, 3.8) is 0 Å². The number of aromatic nitrogens is 1. The molecule has 3 nitrogen and oxygen atoms in total. The van der Waals surface area contributed by atoms with E-state index in [1.165, 1.54) is 44.1 Å². The van der Waals surface area contributed by atoms with Crippen LogP contribution >= 0.6 is 0 Å². The third-order valence-corrected chi connectivity index (χ3v) is 4.17. The van der Waals surface area contributed by atoms with Gasteiger partial charge in [-0.05, 0) is 43.9 Å². The lowest BCUT2D eigenvalue weighted by atomic mass is 9.83. The lowest BCUT2D eigenvalue weighted by molar-refractivity contribution is 0.395. The van der Waals surface area contributed by atoms with Crippen LogP contribution in [0.15, 0.2) is 23.8 Å². The Morgan fingerprint density at radius 2 is 2.14 bits per heavy atom. The van der Waals surface area contributed by atoms with E-state index in [0.29, 0.717) is 5.88 Å². The second-order valence-electron chi connectivity index (χ2n) is 5.84. The zero-order valence-corrected chi connectivity index (χ0v) is 13.4. The Balaban J connectivity index is 2.13. The van der Waals surface area contributed by atoms with Crippen molar-refractivity contribution in [3.8, 4) is 5.88 Å². The highest BCUT2D eigenvalue weighted by Crippen LogP contribution is 2.30. The molecule has 2 rings (SSSR count). The summed E-state index contributed by atoms with van der Waals surface area (Å²) in [5.74, 6) is 1.41. The minimum absolute atomic E-state index is 0.688. The molecule has 0 unspecified atom stereocenters. The summed E-state index contributed by atoms with van der Waals surface area (Å²) in [6.45, 7) is 4.27. The van der Waals surface area contributed by atoms with Crippen molar-refractivity contribution in [1.29, 1.82) is 0 Å². The van der Waals surface area contributed by atoms with Gasteiger partial charge in [-0.1, -0.05) is 37.8 Å². The molecule has 1 aliphatic rings. The molecule has 0 spiro atoms. The molecule has 0 amide bonds. The van der Waals surface area contributed by atoms with Crippen molar-refractivity contribution in [1.82, 2.24) is 10.3 Å². The first-order valence-corrected chi connectivity index (χ1v) is 8.25. The summed E-state index contributed by atoms with van der Waals surface area (Å²) in [7, 11) is 1.67. The highest BCUT2D eigenvalue weighted by Gasteiger charge is 2.17. The Morgan fingerprint density at radius 1 is 1.33 bits per heavy atom. The van der Waals surface area contributed by atoms with Crippen LogP contribution < -0.4 is 10.1 Å². The fourth-order valence-corrected chi connectivity index (χ4v) is 3.01. The van der Waals surface area contributed by atoms with Crippen LogP contribution in [0, 0.1) is 5.92 Å². The molecule has 0 saturated heterocycles. The van der Waals surface area contributed by atoms with Gasteiger partial charge in [-0.15, -0.1) is 0 Å². The molecule has 0 aromatic carbocycles. The van der Waals surface area contributed by atoms with Gasteiger partial charge < -0.3 is 10.1 Å². The van der Waals surface area contributed by atoms with Gasteiger partial charge in [0, 0.05) is 12.6 Å². The molecule has 1 fully saturated rings. The molecule has 1 aliphatic carbocycles. The van der Waals surface area contributed by atoms with Gasteiger partial charge in [0.2, 0.25) is 5.88 Å². The molecule has 1 aromatic heterocycles. The van der Waals surface area contributed by atoms with Crippen LogP contribution in [-0.2, 0) is 0 Å². The fraction of sp³-hybridized carbons (Fsp3) is 0.611. The molecule has 116 valence electrons. The zero-order chi connectivity index (χ0) is 14.9. The summed E-state index contributed by atoms with van der Waals surface area (Å²) in [5.41, 5.74) is 2.51. The first-order chi connectivity index (χ1) is 10.3. The van der Waals surface area contributed by atoms with E-state index in [9.17, 15) is 0 Å². The molecular formula is C18H28N2O. The minimum atomic E-state index is 0.688. The van der Waals surface area contributed by atoms with Gasteiger partial charge in [0.25, 0.3) is 0 Å². The average molecular weight is 288 g/mol. The molecule has 0 aliphatic heterocycles. The number of nitrogens with one attached hydrogen (secondary N) is 1. The number of hydrogen-bond acceptors (Lipinski definition) is 3. The third kappa shape index (κ3) is 5.16. The largest absolute Gasteiger partial charge is 0.481 e. The van der Waals surface area contributed by atoms with E-state index in [0.717, 1.165) is 24.7 Å². The number of ether oxygens (including phenoxy) is 1. The van der Waals surface area contributed by atoms with E-state index in [-0.39, 0.29) is 0 Å². The molecule has 1 saturated carbocycles. The Bertz CT molecular complexity index is 450. The smallest absolute Gasteiger partial charge is 0.213 e. The molecule has 0 atom stereocenters. The van der Waals surface area contributed by atoms with E-state index in [2.05, 4.69) is 29.4 Å². The summed E-state index contributed by atoms with van der Waals surface area (Å²) in [4.78, 5) is 4.53. The third-order valence-electron chi connectivity index (χ3n) is 4.17. The number of hydrogen-bond donors (Lipinski definition) is 1. The molecule has 3 heteroatoms. The quantitative estimate of drug-likeness (QED) is 0.768. The summed E-state index contributed by atoms with van der Waals surface area (Å²) in [6, 6.07) is 5.97. The van der Waals surface area contributed by atoms with Crippen molar-refractivity contribution >= 4 is 6.08 Å². The first kappa shape index (κ1) is 16.0. The predicted molar refractivity (Wildman–Crippen MR) is 88.5 cm³/mol. The van der Waals surface area contributed by atoms with Crippen LogP contribution in [0.5, 0.6) is 5.88 Å². The van der Waals surface area contributed by atoms with Crippen LogP contribution in [0.3, 0.4) is 0 Å². The molecule has 1 N–H and O–H groups in total. The predicted octanol–water partition coefficient (Wildman–Crippen LogP) is 4.05. The van der Waals surface area contributed by atoms with Crippen molar-refractivity contribution < 1.29 is 4.74 Å². The lowest BCUT2D eigenvalue weighted by Gasteiger charge is -2.25. The number of rotatable bonds is 7. The van der Waals surface area contributed by atoms with Crippen LogP contribution in [0.2, 0.25) is 0 Å². The van der Waals surface area contributed by atoms with E-state index in [1.807, 2.05) is 12.1 Å². The fourth-order valence-electron chi connectivity index (χ4n) is 3.01. The SMILES string of the molecule is CCCNC/C(=C/c1cccc(OC)n1)C1CCCCC1. The average Bonchev–Trinajstić information content (AvgIpc) is 2.55. The molecule has 1 aromatic rings. The maximum absolute atomic E-state index is 5.22. The second-order valence-corrected chi connectivity index (χ2v) is 5.84. The van der Waals surface area contributed by atoms with Gasteiger partial charge in [-0.3, -0.25) is 0 Å². The standard InChI is InChI=1S/C18H28N2O/c1-3-12-19-14-16(15-8-5-4-6-9-15)13-17-10-7-11-18(20-17)21-2/h7,10-11,13,15,19H,3-6,8-9,12,14H2,1-2H3/b16-13-. The Labute approximate surface area is 128 Å². The molecule has 1 heterocycles. The van der Waals surface area contributed by atoms with Crippen LogP contribution in [0.1, 0.15) is 51.1 Å². The number of methoxy groups -OCH3 is 1. The summed E-state index contributed by atoms with van der Waals surface area (Å²) in [5, 5.41) is 3.55. The van der Waals surface area contributed by atoms with Crippen molar-refractivity contribution in [2.75, 3.05) is 20.2 Å². The van der Waals surface area contributed by atoms with Crippen LogP contribution in [0.4, 0.5) is 0 Å². The highest BCUT2D eigenvalue weighted by molar-refractivity contribution is 5.51. The summed E-state index contributed by atoms with van der Waals surface area (Å²) in [6.07, 6.45) is 10.2. The van der Waals surface area contributed by atoms with Gasteiger partial charge in [-0.2, -0.15) is 0 Å². The van der Waals surface area contributed by atoms with Gasteiger partial charge in [0.15, 0.2) is 0 Å². The van der Waals surface area contributed by atoms with E-state index >= 15 is 0 Å². The van der Waals surface area contributed by atoms with Gasteiger partial charge in [0.05, 0.1) is 12.8 Å². The lowest BCUT2D eigenvalue weighted by Crippen LogP contribution is -2.23. The molecular weight excluding hydrogens is 260 g/mol. The first-order valence-electron chi connectivity index (χ1n) is 8.25. The maximum Gasteiger partial charge on any atom is 0.213 e. The van der Waals surface area contributed by atoms with Crippen molar-refractivity contribution in [3.05, 3.63) is 29.5 Å².